The number of imide groups is 1. The molecule has 0 aromatic carbocycles. The molecule has 0 saturated carbocycles. The van der Waals surface area contributed by atoms with Gasteiger partial charge in [0, 0.05) is 13.6 Å². The molecule has 0 aromatic rings. The third-order valence-corrected chi connectivity index (χ3v) is 3.48. The number of likely N-dealkylation sites (N-methyl/N-ethyl adjacent to an activating group) is 1. The van der Waals surface area contributed by atoms with Gasteiger partial charge in [-0.15, -0.1) is 0 Å². The standard InChI is InChI=1S/C11H15N3O5/c1-13-8(15)5-6(9(13)16)12-11(19)14-4-2-3-7(14)10(17)18/h6-7H,2-5H2,1H3,(H,12,19)(H,17,18)/t6?,7-/m0/s1. The van der Waals surface area contributed by atoms with Gasteiger partial charge in [0.05, 0.1) is 6.42 Å². The SMILES string of the molecule is CN1C(=O)CC(NC(=O)N2CCC[C@H]2C(=O)O)C1=O. The Morgan fingerprint density at radius 1 is 1.37 bits per heavy atom. The van der Waals surface area contributed by atoms with Gasteiger partial charge in [-0.05, 0) is 12.8 Å². The fourth-order valence-corrected chi connectivity index (χ4v) is 2.37. The number of aliphatic carboxylic acids is 1. The van der Waals surface area contributed by atoms with Crippen LogP contribution in [-0.4, -0.2) is 64.4 Å². The van der Waals surface area contributed by atoms with Crippen molar-refractivity contribution in [2.24, 2.45) is 0 Å². The number of urea groups is 1. The molecule has 2 aliphatic rings. The lowest BCUT2D eigenvalue weighted by Gasteiger charge is -2.23. The highest BCUT2D eigenvalue weighted by atomic mass is 16.4. The normalized spacial score (nSPS) is 27.0. The third kappa shape index (κ3) is 2.38. The zero-order valence-corrected chi connectivity index (χ0v) is 10.5. The Hall–Kier alpha value is -2.12. The van der Waals surface area contributed by atoms with Gasteiger partial charge in [-0.3, -0.25) is 14.5 Å². The summed E-state index contributed by atoms with van der Waals surface area (Å²) in [5, 5.41) is 11.4. The van der Waals surface area contributed by atoms with Crippen LogP contribution in [0.3, 0.4) is 0 Å². The molecule has 2 saturated heterocycles. The second-order valence-electron chi connectivity index (χ2n) is 4.69. The van der Waals surface area contributed by atoms with Crippen LogP contribution >= 0.6 is 0 Å². The lowest BCUT2D eigenvalue weighted by atomic mass is 10.2. The van der Waals surface area contributed by atoms with Crippen molar-refractivity contribution in [3.05, 3.63) is 0 Å². The molecule has 0 radical (unpaired) electrons. The monoisotopic (exact) mass is 269 g/mol. The number of carboxylic acids is 1. The Kier molecular flexibility index (Phi) is 3.41. The number of nitrogens with one attached hydrogen (secondary N) is 1. The second-order valence-corrected chi connectivity index (χ2v) is 4.69. The molecule has 19 heavy (non-hydrogen) atoms. The van der Waals surface area contributed by atoms with Gasteiger partial charge in [-0.2, -0.15) is 0 Å². The van der Waals surface area contributed by atoms with E-state index in [4.69, 9.17) is 5.11 Å². The van der Waals surface area contributed by atoms with E-state index >= 15 is 0 Å². The smallest absolute Gasteiger partial charge is 0.326 e. The second kappa shape index (κ2) is 4.87. The maximum Gasteiger partial charge on any atom is 0.326 e. The van der Waals surface area contributed by atoms with E-state index in [0.29, 0.717) is 19.4 Å². The minimum absolute atomic E-state index is 0.0767. The number of amides is 4. The molecule has 2 fully saturated rings. The van der Waals surface area contributed by atoms with Gasteiger partial charge in [0.15, 0.2) is 0 Å². The van der Waals surface area contributed by atoms with Crippen molar-refractivity contribution in [1.82, 2.24) is 15.1 Å². The molecule has 0 aliphatic carbocycles. The van der Waals surface area contributed by atoms with Crippen molar-refractivity contribution in [3.63, 3.8) is 0 Å². The molecule has 2 N–H and O–H groups in total. The molecule has 2 atom stereocenters. The zero-order chi connectivity index (χ0) is 14.2. The largest absolute Gasteiger partial charge is 0.480 e. The van der Waals surface area contributed by atoms with E-state index in [1.54, 1.807) is 0 Å². The van der Waals surface area contributed by atoms with Gasteiger partial charge in [0.2, 0.25) is 5.91 Å². The zero-order valence-electron chi connectivity index (χ0n) is 10.5. The number of likely N-dealkylation sites (tertiary alicyclic amines) is 2. The first-order valence-electron chi connectivity index (χ1n) is 6.02. The molecule has 2 heterocycles. The van der Waals surface area contributed by atoms with E-state index in [1.807, 2.05) is 0 Å². The van der Waals surface area contributed by atoms with Crippen LogP contribution < -0.4 is 5.32 Å². The summed E-state index contributed by atoms with van der Waals surface area (Å²) in [6.45, 7) is 0.341. The number of hydrogen-bond donors (Lipinski definition) is 2. The fraction of sp³-hybridized carbons (Fsp3) is 0.636. The highest BCUT2D eigenvalue weighted by Gasteiger charge is 2.40. The van der Waals surface area contributed by atoms with Crippen molar-refractivity contribution < 1.29 is 24.3 Å². The number of nitrogens with zero attached hydrogens (tertiary/aromatic N) is 2. The van der Waals surface area contributed by atoms with Gasteiger partial charge in [0.1, 0.15) is 12.1 Å². The van der Waals surface area contributed by atoms with Crippen LogP contribution in [0.2, 0.25) is 0 Å². The molecule has 2 aliphatic heterocycles. The van der Waals surface area contributed by atoms with Crippen LogP contribution in [0.4, 0.5) is 4.79 Å². The molecule has 8 heteroatoms. The molecule has 0 bridgehead atoms. The molecule has 2 rings (SSSR count). The van der Waals surface area contributed by atoms with Gasteiger partial charge >= 0.3 is 12.0 Å². The quantitative estimate of drug-likeness (QED) is 0.625. The van der Waals surface area contributed by atoms with Crippen molar-refractivity contribution in [2.45, 2.75) is 31.3 Å². The maximum atomic E-state index is 11.9. The van der Waals surface area contributed by atoms with Gasteiger partial charge in [-0.25, -0.2) is 9.59 Å². The minimum atomic E-state index is -1.06. The van der Waals surface area contributed by atoms with Gasteiger partial charge in [-0.1, -0.05) is 0 Å². The lowest BCUT2D eigenvalue weighted by Crippen LogP contribution is -2.50. The molecule has 8 nitrogen and oxygen atoms in total. The summed E-state index contributed by atoms with van der Waals surface area (Å²) in [6, 6.07) is -2.35. The minimum Gasteiger partial charge on any atom is -0.480 e. The third-order valence-electron chi connectivity index (χ3n) is 3.48. The average molecular weight is 269 g/mol. The molecule has 104 valence electrons. The predicted molar refractivity (Wildman–Crippen MR) is 62.1 cm³/mol. The summed E-state index contributed by atoms with van der Waals surface area (Å²) in [7, 11) is 1.35. The van der Waals surface area contributed by atoms with Crippen molar-refractivity contribution in [3.8, 4) is 0 Å². The Bertz CT molecular complexity index is 450. The average Bonchev–Trinajstić information content (AvgIpc) is 2.92. The Labute approximate surface area is 109 Å². The van der Waals surface area contributed by atoms with E-state index in [9.17, 15) is 19.2 Å². The predicted octanol–water partition coefficient (Wildman–Crippen LogP) is -0.998. The highest BCUT2D eigenvalue weighted by Crippen LogP contribution is 2.18. The van der Waals surface area contributed by atoms with Crippen molar-refractivity contribution >= 4 is 23.8 Å². The topological polar surface area (TPSA) is 107 Å². The van der Waals surface area contributed by atoms with Crippen molar-refractivity contribution in [1.29, 1.82) is 0 Å². The van der Waals surface area contributed by atoms with Gasteiger partial charge in [0.25, 0.3) is 5.91 Å². The van der Waals surface area contributed by atoms with Crippen LogP contribution in [0.5, 0.6) is 0 Å². The van der Waals surface area contributed by atoms with Crippen molar-refractivity contribution in [2.75, 3.05) is 13.6 Å². The molecular formula is C11H15N3O5. The molecule has 0 aromatic heterocycles. The van der Waals surface area contributed by atoms with Crippen LogP contribution in [0.15, 0.2) is 0 Å². The first kappa shape index (κ1) is 13.3. The molecule has 1 unspecified atom stereocenters. The van der Waals surface area contributed by atoms with Crippen LogP contribution in [0, 0.1) is 0 Å². The first-order valence-corrected chi connectivity index (χ1v) is 6.02. The maximum absolute atomic E-state index is 11.9. The first-order chi connectivity index (χ1) is 8.91. The molecule has 0 spiro atoms. The summed E-state index contributed by atoms with van der Waals surface area (Å²) in [4.78, 5) is 48.0. The number of carbonyl (C=O) groups excluding carboxylic acids is 3. The van der Waals surface area contributed by atoms with Gasteiger partial charge < -0.3 is 15.3 Å². The molecule has 4 amide bonds. The van der Waals surface area contributed by atoms with E-state index in [0.717, 1.165) is 4.90 Å². The van der Waals surface area contributed by atoms with E-state index in [-0.39, 0.29) is 12.3 Å². The van der Waals surface area contributed by atoms with E-state index in [2.05, 4.69) is 5.32 Å². The van der Waals surface area contributed by atoms with Crippen LogP contribution in [0.25, 0.3) is 0 Å². The summed E-state index contributed by atoms with van der Waals surface area (Å²) in [6.07, 6.45) is 0.939. The van der Waals surface area contributed by atoms with E-state index < -0.39 is 30.0 Å². The number of hydrogen-bond acceptors (Lipinski definition) is 4. The fourth-order valence-electron chi connectivity index (χ4n) is 2.37. The Morgan fingerprint density at radius 2 is 2.05 bits per heavy atom. The lowest BCUT2D eigenvalue weighted by molar-refractivity contribution is -0.141. The van der Waals surface area contributed by atoms with Crippen LogP contribution in [-0.2, 0) is 14.4 Å². The summed E-state index contributed by atoms with van der Waals surface area (Å²) in [5.41, 5.74) is 0. The Balaban J connectivity index is 2.00. The van der Waals surface area contributed by atoms with E-state index in [1.165, 1.54) is 11.9 Å². The highest BCUT2D eigenvalue weighted by molar-refractivity contribution is 6.06. The molecular weight excluding hydrogens is 254 g/mol. The summed E-state index contributed by atoms with van der Waals surface area (Å²) < 4.78 is 0. The number of carboxylic acid groups (broad SMARTS) is 1. The Morgan fingerprint density at radius 3 is 2.58 bits per heavy atom. The summed E-state index contributed by atoms with van der Waals surface area (Å²) >= 11 is 0. The van der Waals surface area contributed by atoms with Crippen LogP contribution in [0.1, 0.15) is 19.3 Å². The number of carbonyl (C=O) groups is 4. The number of rotatable bonds is 2. The summed E-state index contributed by atoms with van der Waals surface area (Å²) in [5.74, 6) is -1.88.